The molecule has 0 amide bonds. The van der Waals surface area contributed by atoms with Crippen molar-refractivity contribution in [2.75, 3.05) is 27.7 Å². The summed E-state index contributed by atoms with van der Waals surface area (Å²) in [5.74, 6) is 1.64. The molecule has 0 spiro atoms. The van der Waals surface area contributed by atoms with Crippen LogP contribution in [-0.4, -0.2) is 49.6 Å². The zero-order valence-corrected chi connectivity index (χ0v) is 17.5. The van der Waals surface area contributed by atoms with E-state index in [0.29, 0.717) is 12.6 Å². The van der Waals surface area contributed by atoms with E-state index in [1.807, 2.05) is 31.4 Å². The molecule has 2 N–H and O–H groups in total. The summed E-state index contributed by atoms with van der Waals surface area (Å²) in [6.07, 6.45) is 8.67. The van der Waals surface area contributed by atoms with E-state index in [-0.39, 0.29) is 24.0 Å². The van der Waals surface area contributed by atoms with Crippen LogP contribution in [0.25, 0.3) is 0 Å². The molecule has 1 saturated carbocycles. The van der Waals surface area contributed by atoms with Crippen LogP contribution in [0.1, 0.15) is 37.8 Å². The van der Waals surface area contributed by atoms with Crippen LogP contribution in [0, 0.1) is 5.92 Å². The first-order valence-electron chi connectivity index (χ1n) is 8.71. The van der Waals surface area contributed by atoms with E-state index in [1.165, 1.54) is 32.1 Å². The molecule has 0 radical (unpaired) electrons. The van der Waals surface area contributed by atoms with E-state index in [1.54, 1.807) is 0 Å². The molecule has 0 bridgehead atoms. The van der Waals surface area contributed by atoms with Crippen molar-refractivity contribution in [2.24, 2.45) is 10.9 Å². The Hall–Kier alpha value is -0.890. The minimum Gasteiger partial charge on any atom is -0.355 e. The Morgan fingerprint density at radius 2 is 2.00 bits per heavy atom. The van der Waals surface area contributed by atoms with Gasteiger partial charge in [0, 0.05) is 25.8 Å². The van der Waals surface area contributed by atoms with Gasteiger partial charge in [0.05, 0.1) is 12.2 Å². The number of nitrogens with one attached hydrogen (secondary N) is 2. The number of likely N-dealkylation sites (N-methyl/N-ethyl adjacent to an activating group) is 1. The number of halogens is 1. The lowest BCUT2D eigenvalue weighted by Crippen LogP contribution is -2.48. The Morgan fingerprint density at radius 3 is 2.58 bits per heavy atom. The molecule has 0 aromatic carbocycles. The largest absolute Gasteiger partial charge is 0.355 e. The fourth-order valence-corrected chi connectivity index (χ4v) is 3.39. The Bertz CT molecular complexity index is 472. The maximum atomic E-state index is 4.33. The Balaban J connectivity index is 0.00000288. The summed E-state index contributed by atoms with van der Waals surface area (Å²) < 4.78 is 0. The Labute approximate surface area is 163 Å². The second-order valence-corrected chi connectivity index (χ2v) is 6.56. The standard InChI is InChI=1S/C18H31N5.HI/c1-19-18(21-13-16-11-7-8-12-20-16)22-14-17(23(2)3)15-9-5-4-6-10-15;/h7-8,11-12,15,17H,4-6,9-10,13-14H2,1-3H3,(H2,19,21,22);1H. The average molecular weight is 445 g/mol. The van der Waals surface area contributed by atoms with Crippen LogP contribution in [-0.2, 0) is 6.54 Å². The molecule has 5 nitrogen and oxygen atoms in total. The number of guanidine groups is 1. The van der Waals surface area contributed by atoms with Gasteiger partial charge < -0.3 is 15.5 Å². The number of hydrogen-bond acceptors (Lipinski definition) is 3. The topological polar surface area (TPSA) is 52.6 Å². The summed E-state index contributed by atoms with van der Waals surface area (Å²) in [7, 11) is 6.19. The van der Waals surface area contributed by atoms with Crippen molar-refractivity contribution in [2.45, 2.75) is 44.7 Å². The van der Waals surface area contributed by atoms with Gasteiger partial charge in [0.25, 0.3) is 0 Å². The maximum Gasteiger partial charge on any atom is 0.191 e. The fourth-order valence-electron chi connectivity index (χ4n) is 3.39. The highest BCUT2D eigenvalue weighted by atomic mass is 127. The molecule has 1 aliphatic rings. The SMILES string of the molecule is CN=C(NCc1ccccn1)NCC(C1CCCCC1)N(C)C.I. The predicted molar refractivity (Wildman–Crippen MR) is 112 cm³/mol. The minimum absolute atomic E-state index is 0. The molecule has 1 aromatic rings. The maximum absolute atomic E-state index is 4.33. The van der Waals surface area contributed by atoms with E-state index < -0.39 is 0 Å². The number of rotatable bonds is 6. The third-order valence-electron chi connectivity index (χ3n) is 4.72. The summed E-state index contributed by atoms with van der Waals surface area (Å²) >= 11 is 0. The molecule has 1 aromatic heterocycles. The van der Waals surface area contributed by atoms with E-state index in [4.69, 9.17) is 0 Å². The van der Waals surface area contributed by atoms with Gasteiger partial charge >= 0.3 is 0 Å². The zero-order valence-electron chi connectivity index (χ0n) is 15.2. The molecule has 1 heterocycles. The summed E-state index contributed by atoms with van der Waals surface area (Å²) in [4.78, 5) is 11.0. The highest BCUT2D eigenvalue weighted by molar-refractivity contribution is 14.0. The van der Waals surface area contributed by atoms with Crippen LogP contribution < -0.4 is 10.6 Å². The van der Waals surface area contributed by atoms with Gasteiger partial charge in [-0.2, -0.15) is 0 Å². The van der Waals surface area contributed by atoms with Crippen molar-refractivity contribution < 1.29 is 0 Å². The molecule has 2 rings (SSSR count). The lowest BCUT2D eigenvalue weighted by molar-refractivity contribution is 0.171. The first-order chi connectivity index (χ1) is 11.2. The van der Waals surface area contributed by atoms with Crippen LogP contribution >= 0.6 is 24.0 Å². The third-order valence-corrected chi connectivity index (χ3v) is 4.72. The van der Waals surface area contributed by atoms with Crippen molar-refractivity contribution in [1.82, 2.24) is 20.5 Å². The van der Waals surface area contributed by atoms with Gasteiger partial charge in [-0.1, -0.05) is 25.3 Å². The first-order valence-corrected chi connectivity index (χ1v) is 8.71. The third kappa shape index (κ3) is 6.93. The van der Waals surface area contributed by atoms with Gasteiger partial charge in [-0.05, 0) is 45.0 Å². The van der Waals surface area contributed by atoms with Crippen molar-refractivity contribution in [3.05, 3.63) is 30.1 Å². The van der Waals surface area contributed by atoms with E-state index >= 15 is 0 Å². The molecular weight excluding hydrogens is 413 g/mol. The number of aliphatic imine (C=N–C) groups is 1. The molecule has 1 fully saturated rings. The van der Waals surface area contributed by atoms with Gasteiger partial charge in [-0.25, -0.2) is 0 Å². The molecule has 136 valence electrons. The molecule has 0 aliphatic heterocycles. The predicted octanol–water partition coefficient (Wildman–Crippen LogP) is 2.88. The second-order valence-electron chi connectivity index (χ2n) is 6.56. The van der Waals surface area contributed by atoms with Gasteiger partial charge in [0.1, 0.15) is 0 Å². The van der Waals surface area contributed by atoms with Crippen molar-refractivity contribution in [3.63, 3.8) is 0 Å². The van der Waals surface area contributed by atoms with Gasteiger partial charge in [0.15, 0.2) is 5.96 Å². The molecule has 6 heteroatoms. The Kier molecular flexibility index (Phi) is 10.2. The first kappa shape index (κ1) is 21.2. The molecule has 1 atom stereocenters. The number of pyridine rings is 1. The lowest BCUT2D eigenvalue weighted by atomic mass is 9.83. The van der Waals surface area contributed by atoms with Gasteiger partial charge in [-0.15, -0.1) is 24.0 Å². The van der Waals surface area contributed by atoms with Crippen LogP contribution in [0.5, 0.6) is 0 Å². The number of hydrogen-bond donors (Lipinski definition) is 2. The summed E-state index contributed by atoms with van der Waals surface area (Å²) in [5.41, 5.74) is 1.02. The van der Waals surface area contributed by atoms with Crippen LogP contribution in [0.2, 0.25) is 0 Å². The zero-order chi connectivity index (χ0) is 16.5. The Morgan fingerprint density at radius 1 is 1.25 bits per heavy atom. The number of nitrogens with zero attached hydrogens (tertiary/aromatic N) is 3. The summed E-state index contributed by atoms with van der Waals surface area (Å²) in [6.45, 7) is 1.62. The lowest BCUT2D eigenvalue weighted by Gasteiger charge is -2.35. The van der Waals surface area contributed by atoms with Crippen LogP contribution in [0.3, 0.4) is 0 Å². The van der Waals surface area contributed by atoms with E-state index in [0.717, 1.165) is 24.1 Å². The van der Waals surface area contributed by atoms with Gasteiger partial charge in [0.2, 0.25) is 0 Å². The van der Waals surface area contributed by atoms with Crippen molar-refractivity contribution in [3.8, 4) is 0 Å². The summed E-state index contributed by atoms with van der Waals surface area (Å²) in [6, 6.07) is 6.52. The molecular formula is C18H32IN5. The van der Waals surface area contributed by atoms with Crippen molar-refractivity contribution >= 4 is 29.9 Å². The van der Waals surface area contributed by atoms with Crippen LogP contribution in [0.15, 0.2) is 29.4 Å². The molecule has 1 aliphatic carbocycles. The van der Waals surface area contributed by atoms with E-state index in [2.05, 4.69) is 39.6 Å². The summed E-state index contributed by atoms with van der Waals surface area (Å²) in [5, 5.41) is 6.83. The highest BCUT2D eigenvalue weighted by Crippen LogP contribution is 2.27. The minimum atomic E-state index is 0. The smallest absolute Gasteiger partial charge is 0.191 e. The fraction of sp³-hybridized carbons (Fsp3) is 0.667. The molecule has 24 heavy (non-hydrogen) atoms. The van der Waals surface area contributed by atoms with Gasteiger partial charge in [-0.3, -0.25) is 9.98 Å². The normalized spacial score (nSPS) is 17.2. The average Bonchev–Trinajstić information content (AvgIpc) is 2.59. The molecule has 0 saturated heterocycles. The van der Waals surface area contributed by atoms with Crippen molar-refractivity contribution in [1.29, 1.82) is 0 Å². The second kappa shape index (κ2) is 11.6. The number of aromatic nitrogens is 1. The highest BCUT2D eigenvalue weighted by Gasteiger charge is 2.25. The quantitative estimate of drug-likeness (QED) is 0.402. The molecule has 1 unspecified atom stereocenters. The van der Waals surface area contributed by atoms with E-state index in [9.17, 15) is 0 Å². The van der Waals surface area contributed by atoms with Crippen LogP contribution in [0.4, 0.5) is 0 Å². The monoisotopic (exact) mass is 445 g/mol.